The summed E-state index contributed by atoms with van der Waals surface area (Å²) in [6.45, 7) is 0. The van der Waals surface area contributed by atoms with Crippen LogP contribution < -0.4 is 0 Å². The maximum Gasteiger partial charge on any atom is 0.304 e. The van der Waals surface area contributed by atoms with Gasteiger partial charge in [-0.15, -0.1) is 11.8 Å². The highest BCUT2D eigenvalue weighted by Crippen LogP contribution is 2.21. The highest BCUT2D eigenvalue weighted by atomic mass is 32.2. The Bertz CT molecular complexity index is 363. The molecule has 0 fully saturated rings. The zero-order valence-electron chi connectivity index (χ0n) is 7.75. The lowest BCUT2D eigenvalue weighted by atomic mass is 10.3. The zero-order chi connectivity index (χ0) is 11.3. The summed E-state index contributed by atoms with van der Waals surface area (Å²) >= 11 is 1.37. The van der Waals surface area contributed by atoms with Crippen molar-refractivity contribution in [3.8, 4) is 0 Å². The molecule has 1 aromatic rings. The summed E-state index contributed by atoms with van der Waals surface area (Å²) in [6.07, 6.45) is 0.0850. The molecule has 6 heteroatoms. The van der Waals surface area contributed by atoms with Crippen LogP contribution in [0.5, 0.6) is 0 Å². The van der Waals surface area contributed by atoms with Crippen LogP contribution in [0.3, 0.4) is 0 Å². The van der Waals surface area contributed by atoms with E-state index in [1.165, 1.54) is 23.9 Å². The van der Waals surface area contributed by atoms with E-state index in [2.05, 4.69) is 0 Å². The number of hydrogen-bond donors (Lipinski definition) is 1. The molecule has 0 aliphatic rings. The molecule has 0 heterocycles. The number of nitrogens with zero attached hydrogens (tertiary/aromatic N) is 1. The molecule has 1 aromatic carbocycles. The SMILES string of the molecule is O=C(O)CCSc1ccc([N+](=O)[O-])cc1. The predicted molar refractivity (Wildman–Crippen MR) is 56.1 cm³/mol. The van der Waals surface area contributed by atoms with Gasteiger partial charge in [0.05, 0.1) is 11.3 Å². The molecule has 0 bridgehead atoms. The molecule has 0 aliphatic carbocycles. The van der Waals surface area contributed by atoms with Gasteiger partial charge < -0.3 is 5.11 Å². The number of aliphatic carboxylic acids is 1. The Hall–Kier alpha value is -1.56. The summed E-state index contributed by atoms with van der Waals surface area (Å²) in [5.41, 5.74) is 0.0394. The van der Waals surface area contributed by atoms with Crippen molar-refractivity contribution in [2.75, 3.05) is 5.75 Å². The fourth-order valence-electron chi connectivity index (χ4n) is 0.920. The Labute approximate surface area is 90.3 Å². The minimum absolute atomic E-state index is 0.0394. The minimum atomic E-state index is -0.843. The van der Waals surface area contributed by atoms with Crippen LogP contribution in [-0.4, -0.2) is 21.8 Å². The summed E-state index contributed by atoms with van der Waals surface area (Å²) in [4.78, 5) is 20.9. The van der Waals surface area contributed by atoms with Crippen LogP contribution in [0.1, 0.15) is 6.42 Å². The lowest BCUT2D eigenvalue weighted by Crippen LogP contribution is -1.95. The van der Waals surface area contributed by atoms with Gasteiger partial charge in [-0.05, 0) is 12.1 Å². The van der Waals surface area contributed by atoms with Gasteiger partial charge in [-0.1, -0.05) is 0 Å². The van der Waals surface area contributed by atoms with Gasteiger partial charge >= 0.3 is 5.97 Å². The molecule has 0 aliphatic heterocycles. The van der Waals surface area contributed by atoms with E-state index in [0.29, 0.717) is 5.75 Å². The van der Waals surface area contributed by atoms with Gasteiger partial charge in [0.2, 0.25) is 0 Å². The molecule has 0 amide bonds. The molecule has 1 rings (SSSR count). The van der Waals surface area contributed by atoms with E-state index in [9.17, 15) is 14.9 Å². The molecular weight excluding hydrogens is 218 g/mol. The van der Waals surface area contributed by atoms with E-state index in [1.807, 2.05) is 0 Å². The largest absolute Gasteiger partial charge is 0.481 e. The van der Waals surface area contributed by atoms with Crippen molar-refractivity contribution < 1.29 is 14.8 Å². The Balaban J connectivity index is 2.50. The number of hydrogen-bond acceptors (Lipinski definition) is 4. The second-order valence-electron chi connectivity index (χ2n) is 2.74. The number of carboxylic acids is 1. The maximum absolute atomic E-state index is 10.3. The normalized spacial score (nSPS) is 9.87. The van der Waals surface area contributed by atoms with Gasteiger partial charge in [-0.3, -0.25) is 14.9 Å². The van der Waals surface area contributed by atoms with Crippen LogP contribution in [0.25, 0.3) is 0 Å². The highest BCUT2D eigenvalue weighted by Gasteiger charge is 2.04. The second kappa shape index (κ2) is 5.35. The van der Waals surface area contributed by atoms with E-state index in [-0.39, 0.29) is 12.1 Å². The first-order valence-corrected chi connectivity index (χ1v) is 5.17. The van der Waals surface area contributed by atoms with E-state index < -0.39 is 10.9 Å². The van der Waals surface area contributed by atoms with Crippen LogP contribution in [0.4, 0.5) is 5.69 Å². The number of non-ortho nitro benzene ring substituents is 1. The average Bonchev–Trinajstić information content (AvgIpc) is 2.18. The topological polar surface area (TPSA) is 80.4 Å². The number of nitro benzene ring substituents is 1. The molecule has 0 saturated heterocycles. The average molecular weight is 227 g/mol. The lowest BCUT2D eigenvalue weighted by Gasteiger charge is -1.98. The van der Waals surface area contributed by atoms with E-state index in [1.54, 1.807) is 12.1 Å². The van der Waals surface area contributed by atoms with Gasteiger partial charge in [-0.25, -0.2) is 0 Å². The van der Waals surface area contributed by atoms with E-state index >= 15 is 0 Å². The molecule has 0 radical (unpaired) electrons. The summed E-state index contributed by atoms with van der Waals surface area (Å²) < 4.78 is 0. The number of nitro groups is 1. The van der Waals surface area contributed by atoms with Crippen molar-refractivity contribution >= 4 is 23.4 Å². The number of thioether (sulfide) groups is 1. The summed E-state index contributed by atoms with van der Waals surface area (Å²) in [7, 11) is 0. The van der Waals surface area contributed by atoms with Gasteiger partial charge in [-0.2, -0.15) is 0 Å². The first-order chi connectivity index (χ1) is 7.09. The van der Waals surface area contributed by atoms with Crippen LogP contribution in [0.2, 0.25) is 0 Å². The van der Waals surface area contributed by atoms with Gasteiger partial charge in [0.15, 0.2) is 0 Å². The minimum Gasteiger partial charge on any atom is -0.481 e. The Morgan fingerprint density at radius 1 is 1.40 bits per heavy atom. The van der Waals surface area contributed by atoms with Crippen molar-refractivity contribution in [1.29, 1.82) is 0 Å². The lowest BCUT2D eigenvalue weighted by molar-refractivity contribution is -0.384. The number of rotatable bonds is 5. The zero-order valence-corrected chi connectivity index (χ0v) is 8.57. The summed E-state index contributed by atoms with van der Waals surface area (Å²) in [5.74, 6) is -0.378. The van der Waals surface area contributed by atoms with Crippen LogP contribution in [0, 0.1) is 10.1 Å². The summed E-state index contributed by atoms with van der Waals surface area (Å²) in [6, 6.07) is 6.04. The quantitative estimate of drug-likeness (QED) is 0.473. The first kappa shape index (κ1) is 11.5. The molecule has 0 unspecified atom stereocenters. The van der Waals surface area contributed by atoms with Gasteiger partial charge in [0.1, 0.15) is 0 Å². The highest BCUT2D eigenvalue weighted by molar-refractivity contribution is 7.99. The molecule has 0 aromatic heterocycles. The fraction of sp³-hybridized carbons (Fsp3) is 0.222. The molecule has 5 nitrogen and oxygen atoms in total. The van der Waals surface area contributed by atoms with Crippen LogP contribution in [-0.2, 0) is 4.79 Å². The molecule has 80 valence electrons. The molecule has 15 heavy (non-hydrogen) atoms. The first-order valence-electron chi connectivity index (χ1n) is 4.18. The molecular formula is C9H9NO4S. The third-order valence-corrected chi connectivity index (χ3v) is 2.65. The number of benzene rings is 1. The van der Waals surface area contributed by atoms with Crippen molar-refractivity contribution in [1.82, 2.24) is 0 Å². The van der Waals surface area contributed by atoms with Gasteiger partial charge in [0, 0.05) is 22.8 Å². The van der Waals surface area contributed by atoms with Crippen molar-refractivity contribution in [3.05, 3.63) is 34.4 Å². The predicted octanol–water partition coefficient (Wildman–Crippen LogP) is 2.16. The third kappa shape index (κ3) is 3.99. The Morgan fingerprint density at radius 2 is 2.00 bits per heavy atom. The third-order valence-electron chi connectivity index (χ3n) is 1.63. The standard InChI is InChI=1S/C9H9NO4S/c11-9(12)5-6-15-8-3-1-7(2-4-8)10(13)14/h1-4H,5-6H2,(H,11,12). The fourth-order valence-corrected chi connectivity index (χ4v) is 1.76. The molecule has 0 saturated carbocycles. The van der Waals surface area contributed by atoms with Crippen molar-refractivity contribution in [2.24, 2.45) is 0 Å². The maximum atomic E-state index is 10.3. The molecule has 0 atom stereocenters. The molecule has 0 spiro atoms. The Kier molecular flexibility index (Phi) is 4.11. The summed E-state index contributed by atoms with van der Waals surface area (Å²) in [5, 5.41) is 18.7. The smallest absolute Gasteiger partial charge is 0.304 e. The van der Waals surface area contributed by atoms with E-state index in [0.717, 1.165) is 4.90 Å². The monoisotopic (exact) mass is 227 g/mol. The van der Waals surface area contributed by atoms with Crippen LogP contribution >= 0.6 is 11.8 Å². The van der Waals surface area contributed by atoms with E-state index in [4.69, 9.17) is 5.11 Å². The number of carboxylic acid groups (broad SMARTS) is 1. The molecule has 1 N–H and O–H groups in total. The number of carbonyl (C=O) groups is 1. The van der Waals surface area contributed by atoms with Crippen molar-refractivity contribution in [3.63, 3.8) is 0 Å². The van der Waals surface area contributed by atoms with Gasteiger partial charge in [0.25, 0.3) is 5.69 Å². The Morgan fingerprint density at radius 3 is 2.47 bits per heavy atom. The van der Waals surface area contributed by atoms with Crippen molar-refractivity contribution in [2.45, 2.75) is 11.3 Å². The van der Waals surface area contributed by atoms with Crippen LogP contribution in [0.15, 0.2) is 29.2 Å². The second-order valence-corrected chi connectivity index (χ2v) is 3.91.